The largest absolute Gasteiger partial charge is 0.508 e. The predicted octanol–water partition coefficient (Wildman–Crippen LogP) is 2.69. The Hall–Kier alpha value is -1.61. The molecule has 0 amide bonds. The van der Waals surface area contributed by atoms with Crippen LogP contribution >= 0.6 is 0 Å². The van der Waals surface area contributed by atoms with Crippen molar-refractivity contribution in [3.8, 4) is 5.75 Å². The van der Waals surface area contributed by atoms with Crippen molar-refractivity contribution in [1.82, 2.24) is 0 Å². The van der Waals surface area contributed by atoms with Gasteiger partial charge in [0.1, 0.15) is 11.4 Å². The van der Waals surface area contributed by atoms with Crippen molar-refractivity contribution >= 4 is 11.4 Å². The number of rotatable bonds is 1. The normalized spacial score (nSPS) is 23.0. The summed E-state index contributed by atoms with van der Waals surface area (Å²) < 4.78 is 0. The number of phenolic OH excluding ortho intramolecular Hbond substituents is 1. The van der Waals surface area contributed by atoms with Gasteiger partial charge in [0.25, 0.3) is 0 Å². The molecule has 18 heavy (non-hydrogen) atoms. The van der Waals surface area contributed by atoms with Crippen molar-refractivity contribution < 1.29 is 15.0 Å². The molecule has 0 radical (unpaired) electrons. The van der Waals surface area contributed by atoms with E-state index in [1.165, 1.54) is 0 Å². The molecule has 0 saturated carbocycles. The summed E-state index contributed by atoms with van der Waals surface area (Å²) >= 11 is 0. The molecular formula is C15H18O3. The maximum atomic E-state index is 12.4. The summed E-state index contributed by atoms with van der Waals surface area (Å²) in [4.78, 5) is 12.4. The van der Waals surface area contributed by atoms with Gasteiger partial charge in [-0.1, -0.05) is 13.8 Å². The summed E-state index contributed by atoms with van der Waals surface area (Å²) in [5.74, 6) is -0.312. The molecule has 0 aliphatic heterocycles. The van der Waals surface area contributed by atoms with Crippen molar-refractivity contribution in [2.75, 3.05) is 0 Å². The third-order valence-electron chi connectivity index (χ3n) is 3.69. The van der Waals surface area contributed by atoms with Gasteiger partial charge in [0.15, 0.2) is 5.78 Å². The SMILES string of the molecule is CC1=C[C@@](O)(C(C)C)C(=O)c2cc(C)c(O)cc21. The number of phenols is 1. The first-order valence-corrected chi connectivity index (χ1v) is 6.08. The molecule has 2 N–H and O–H groups in total. The van der Waals surface area contributed by atoms with Crippen LogP contribution in [0.2, 0.25) is 0 Å². The van der Waals surface area contributed by atoms with Crippen molar-refractivity contribution in [2.24, 2.45) is 5.92 Å². The number of fused-ring (bicyclic) bond motifs is 1. The highest BCUT2D eigenvalue weighted by Crippen LogP contribution is 2.37. The molecule has 1 atom stereocenters. The van der Waals surface area contributed by atoms with E-state index in [2.05, 4.69) is 0 Å². The Morgan fingerprint density at radius 2 is 1.78 bits per heavy atom. The molecule has 1 aromatic carbocycles. The number of Topliss-reactive ketones (excluding diaryl/α,β-unsaturated/α-hetero) is 1. The predicted molar refractivity (Wildman–Crippen MR) is 70.6 cm³/mol. The third kappa shape index (κ3) is 1.66. The number of aliphatic hydroxyl groups is 1. The van der Waals surface area contributed by atoms with Crippen LogP contribution in [0.5, 0.6) is 5.75 Å². The van der Waals surface area contributed by atoms with Gasteiger partial charge in [-0.2, -0.15) is 0 Å². The Balaban J connectivity index is 2.70. The maximum Gasteiger partial charge on any atom is 0.199 e. The number of carbonyl (C=O) groups is 1. The van der Waals surface area contributed by atoms with E-state index in [0.29, 0.717) is 16.7 Å². The second-order valence-electron chi connectivity index (χ2n) is 5.32. The number of hydrogen-bond acceptors (Lipinski definition) is 3. The van der Waals surface area contributed by atoms with E-state index in [9.17, 15) is 15.0 Å². The minimum Gasteiger partial charge on any atom is -0.508 e. The number of aromatic hydroxyl groups is 1. The lowest BCUT2D eigenvalue weighted by Crippen LogP contribution is -2.44. The van der Waals surface area contributed by atoms with Crippen LogP contribution in [-0.2, 0) is 0 Å². The zero-order valence-electron chi connectivity index (χ0n) is 11.1. The fourth-order valence-corrected chi connectivity index (χ4v) is 2.33. The van der Waals surface area contributed by atoms with E-state index in [1.807, 2.05) is 20.8 Å². The van der Waals surface area contributed by atoms with Gasteiger partial charge in [0, 0.05) is 5.56 Å². The van der Waals surface area contributed by atoms with E-state index >= 15 is 0 Å². The van der Waals surface area contributed by atoms with Gasteiger partial charge in [-0.05, 0) is 54.7 Å². The molecule has 0 unspecified atom stereocenters. The number of aryl methyl sites for hydroxylation is 1. The van der Waals surface area contributed by atoms with Crippen LogP contribution in [0, 0.1) is 12.8 Å². The molecule has 3 nitrogen and oxygen atoms in total. The molecule has 0 aromatic heterocycles. The Labute approximate surface area is 107 Å². The molecule has 0 saturated heterocycles. The van der Waals surface area contributed by atoms with Gasteiger partial charge in [-0.15, -0.1) is 0 Å². The number of carbonyl (C=O) groups excluding carboxylic acids is 1. The average Bonchev–Trinajstić information content (AvgIpc) is 2.29. The van der Waals surface area contributed by atoms with E-state index in [4.69, 9.17) is 0 Å². The van der Waals surface area contributed by atoms with Crippen LogP contribution in [0.25, 0.3) is 5.57 Å². The summed E-state index contributed by atoms with van der Waals surface area (Å²) in [5.41, 5.74) is 1.20. The highest BCUT2D eigenvalue weighted by Gasteiger charge is 2.41. The summed E-state index contributed by atoms with van der Waals surface area (Å²) in [6.07, 6.45) is 1.59. The van der Waals surface area contributed by atoms with E-state index < -0.39 is 5.60 Å². The van der Waals surface area contributed by atoms with Crippen LogP contribution in [0.3, 0.4) is 0 Å². The highest BCUT2D eigenvalue weighted by molar-refractivity contribution is 6.10. The number of ketones is 1. The first-order chi connectivity index (χ1) is 8.27. The molecule has 0 bridgehead atoms. The minimum atomic E-state index is -1.44. The Morgan fingerprint density at radius 1 is 1.17 bits per heavy atom. The fourth-order valence-electron chi connectivity index (χ4n) is 2.33. The number of benzene rings is 1. The van der Waals surface area contributed by atoms with E-state index in [0.717, 1.165) is 5.57 Å². The van der Waals surface area contributed by atoms with Crippen LogP contribution < -0.4 is 0 Å². The molecular weight excluding hydrogens is 228 g/mol. The van der Waals surface area contributed by atoms with Crippen LogP contribution in [0.15, 0.2) is 18.2 Å². The fraction of sp³-hybridized carbons (Fsp3) is 0.400. The lowest BCUT2D eigenvalue weighted by Gasteiger charge is -2.33. The Bertz CT molecular complexity index is 555. The molecule has 0 heterocycles. The van der Waals surface area contributed by atoms with E-state index in [-0.39, 0.29) is 17.5 Å². The average molecular weight is 246 g/mol. The molecule has 0 fully saturated rings. The van der Waals surface area contributed by atoms with Crippen LogP contribution in [0.4, 0.5) is 0 Å². The summed E-state index contributed by atoms with van der Waals surface area (Å²) in [7, 11) is 0. The Morgan fingerprint density at radius 3 is 2.33 bits per heavy atom. The van der Waals surface area contributed by atoms with Gasteiger partial charge in [-0.3, -0.25) is 4.79 Å². The first-order valence-electron chi connectivity index (χ1n) is 6.08. The van der Waals surface area contributed by atoms with Gasteiger partial charge < -0.3 is 10.2 Å². The zero-order valence-corrected chi connectivity index (χ0v) is 11.1. The smallest absolute Gasteiger partial charge is 0.199 e. The molecule has 96 valence electrons. The van der Waals surface area contributed by atoms with Crippen molar-refractivity contribution in [3.05, 3.63) is 34.9 Å². The monoisotopic (exact) mass is 246 g/mol. The van der Waals surface area contributed by atoms with Crippen molar-refractivity contribution in [2.45, 2.75) is 33.3 Å². The zero-order chi connectivity index (χ0) is 13.7. The van der Waals surface area contributed by atoms with Crippen LogP contribution in [0.1, 0.15) is 42.3 Å². The number of allylic oxidation sites excluding steroid dienone is 1. The summed E-state index contributed by atoms with van der Waals surface area (Å²) in [6, 6.07) is 3.24. The van der Waals surface area contributed by atoms with Gasteiger partial charge in [-0.25, -0.2) is 0 Å². The second kappa shape index (κ2) is 3.95. The topological polar surface area (TPSA) is 57.5 Å². The van der Waals surface area contributed by atoms with Crippen molar-refractivity contribution in [1.29, 1.82) is 0 Å². The standard InChI is InChI=1S/C15H18O3/c1-8(2)15(18)7-10(4)11-6-13(16)9(3)5-12(11)14(15)17/h5-8,16,18H,1-4H3/t15-/m1/s1. The number of hydrogen-bond donors (Lipinski definition) is 2. The molecule has 1 aliphatic rings. The van der Waals surface area contributed by atoms with E-state index in [1.54, 1.807) is 25.1 Å². The summed E-state index contributed by atoms with van der Waals surface area (Å²) in [6.45, 7) is 7.22. The van der Waals surface area contributed by atoms with Crippen molar-refractivity contribution in [3.63, 3.8) is 0 Å². The maximum absolute atomic E-state index is 12.4. The Kier molecular flexibility index (Phi) is 2.82. The lowest BCUT2D eigenvalue weighted by atomic mass is 9.75. The molecule has 1 aliphatic carbocycles. The molecule has 1 aromatic rings. The highest BCUT2D eigenvalue weighted by atomic mass is 16.3. The van der Waals surface area contributed by atoms with Gasteiger partial charge in [0.05, 0.1) is 0 Å². The summed E-state index contributed by atoms with van der Waals surface area (Å²) in [5, 5.41) is 20.2. The third-order valence-corrected chi connectivity index (χ3v) is 3.69. The lowest BCUT2D eigenvalue weighted by molar-refractivity contribution is 0.0330. The quantitative estimate of drug-likeness (QED) is 0.801. The van der Waals surface area contributed by atoms with Crippen LogP contribution in [-0.4, -0.2) is 21.6 Å². The molecule has 0 spiro atoms. The first kappa shape index (κ1) is 12.8. The van der Waals surface area contributed by atoms with Gasteiger partial charge in [0.2, 0.25) is 0 Å². The van der Waals surface area contributed by atoms with Gasteiger partial charge >= 0.3 is 0 Å². The molecule has 2 rings (SSSR count). The minimum absolute atomic E-state index is 0.171. The molecule has 3 heteroatoms. The second-order valence-corrected chi connectivity index (χ2v) is 5.32.